The van der Waals surface area contributed by atoms with Crippen LogP contribution in [0.2, 0.25) is 19.6 Å². The van der Waals surface area contributed by atoms with Crippen molar-refractivity contribution in [1.82, 2.24) is 0 Å². The quantitative estimate of drug-likeness (QED) is 0.442. The van der Waals surface area contributed by atoms with Crippen LogP contribution in [0.25, 0.3) is 0 Å². The molecule has 0 saturated heterocycles. The number of hydrogen-bond acceptors (Lipinski definition) is 0. The summed E-state index contributed by atoms with van der Waals surface area (Å²) in [4.78, 5) is 0. The average Bonchev–Trinajstić information content (AvgIpc) is 0.811. The van der Waals surface area contributed by atoms with Gasteiger partial charge in [-0.3, -0.25) is 0 Å². The van der Waals surface area contributed by atoms with Gasteiger partial charge < -0.3 is 0 Å². The Hall–Kier alpha value is 0.736. The van der Waals surface area contributed by atoms with Crippen molar-refractivity contribution in [3.63, 3.8) is 0 Å². The third kappa shape index (κ3) is 65.4. The maximum absolute atomic E-state index is 2.27. The fourth-order valence-electron chi connectivity index (χ4n) is 0. The summed E-state index contributed by atoms with van der Waals surface area (Å²) >= 11 is 0. The van der Waals surface area contributed by atoms with Gasteiger partial charge in [-0.2, -0.15) is 0 Å². The van der Waals surface area contributed by atoms with Crippen LogP contribution in [0.4, 0.5) is 0 Å². The summed E-state index contributed by atoms with van der Waals surface area (Å²) in [6.45, 7) is 6.81. The molecule has 2 heteroatoms. The maximum atomic E-state index is 2.27. The summed E-state index contributed by atoms with van der Waals surface area (Å²) in [7, 11) is 0.120. The predicted molar refractivity (Wildman–Crippen MR) is 23.3 cm³/mol. The van der Waals surface area contributed by atoms with Gasteiger partial charge in [0, 0.05) is 25.9 Å². The van der Waals surface area contributed by atoms with Gasteiger partial charge >= 0.3 is 0 Å². The van der Waals surface area contributed by atoms with Gasteiger partial charge in [0.1, 0.15) is 0 Å². The SMILES string of the molecule is C[Si](C)C.[Cu]. The zero-order valence-electron chi connectivity index (χ0n) is 3.80. The molecule has 0 saturated carbocycles. The second-order valence-corrected chi connectivity index (χ2v) is 4.50. The van der Waals surface area contributed by atoms with E-state index in [1.54, 1.807) is 0 Å². The molecule has 0 rings (SSSR count). The van der Waals surface area contributed by atoms with Crippen molar-refractivity contribution < 1.29 is 17.1 Å². The van der Waals surface area contributed by atoms with Crippen molar-refractivity contribution in [3.05, 3.63) is 0 Å². The zero-order chi connectivity index (χ0) is 3.58. The molecule has 0 amide bonds. The molecule has 0 heterocycles. The smallest absolute Gasteiger partial charge is 0.0379 e. The molecule has 0 fully saturated rings. The minimum Gasteiger partial charge on any atom is -0.0715 e. The van der Waals surface area contributed by atoms with E-state index >= 15 is 0 Å². The molecule has 0 aromatic heterocycles. The molecule has 0 aliphatic heterocycles. The van der Waals surface area contributed by atoms with Crippen LogP contribution < -0.4 is 0 Å². The van der Waals surface area contributed by atoms with Crippen LogP contribution in [-0.4, -0.2) is 8.80 Å². The molecular weight excluding hydrogens is 128 g/mol. The molecule has 5 heavy (non-hydrogen) atoms. The van der Waals surface area contributed by atoms with Crippen molar-refractivity contribution in [2.24, 2.45) is 0 Å². The second kappa shape index (κ2) is 4.74. The molecule has 0 N–H and O–H groups in total. The Kier molecular flexibility index (Phi) is 8.73. The van der Waals surface area contributed by atoms with Crippen molar-refractivity contribution in [2.45, 2.75) is 19.6 Å². The Morgan fingerprint density at radius 3 is 1.00 bits per heavy atom. The van der Waals surface area contributed by atoms with E-state index in [2.05, 4.69) is 19.6 Å². The molecule has 0 aromatic carbocycles. The van der Waals surface area contributed by atoms with Crippen molar-refractivity contribution in [1.29, 1.82) is 0 Å². The van der Waals surface area contributed by atoms with E-state index in [0.29, 0.717) is 0 Å². The van der Waals surface area contributed by atoms with Gasteiger partial charge in [-0.05, 0) is 0 Å². The first-order chi connectivity index (χ1) is 1.73. The normalized spacial score (nSPS) is 7.20. The Labute approximate surface area is 46.0 Å². The first kappa shape index (κ1) is 9.22. The van der Waals surface area contributed by atoms with Crippen LogP contribution in [0.15, 0.2) is 0 Å². The van der Waals surface area contributed by atoms with E-state index in [-0.39, 0.29) is 25.9 Å². The van der Waals surface area contributed by atoms with Crippen LogP contribution in [0.5, 0.6) is 0 Å². The molecule has 0 atom stereocenters. The van der Waals surface area contributed by atoms with Crippen LogP contribution in [0, 0.1) is 0 Å². The summed E-state index contributed by atoms with van der Waals surface area (Å²) in [6, 6.07) is 0. The van der Waals surface area contributed by atoms with E-state index < -0.39 is 0 Å². The van der Waals surface area contributed by atoms with Crippen molar-refractivity contribution in [3.8, 4) is 0 Å². The first-order valence-electron chi connectivity index (χ1n) is 1.50. The third-order valence-corrected chi connectivity index (χ3v) is 0. The topological polar surface area (TPSA) is 0 Å². The summed E-state index contributed by atoms with van der Waals surface area (Å²) in [5.74, 6) is 0. The van der Waals surface area contributed by atoms with E-state index in [1.165, 1.54) is 0 Å². The molecule has 0 nitrogen and oxygen atoms in total. The minimum atomic E-state index is 0. The molecular formula is C3H9CuSi. The molecule has 2 radical (unpaired) electrons. The van der Waals surface area contributed by atoms with Crippen LogP contribution in [0.3, 0.4) is 0 Å². The first-order valence-corrected chi connectivity index (χ1v) is 4.50. The zero-order valence-corrected chi connectivity index (χ0v) is 5.74. The second-order valence-electron chi connectivity index (χ2n) is 1.50. The van der Waals surface area contributed by atoms with Gasteiger partial charge in [0.25, 0.3) is 0 Å². The summed E-state index contributed by atoms with van der Waals surface area (Å²) in [5.41, 5.74) is 0. The van der Waals surface area contributed by atoms with Crippen LogP contribution in [-0.2, 0) is 17.1 Å². The third-order valence-electron chi connectivity index (χ3n) is 0. The standard InChI is InChI=1S/C3H9Si.Cu/c1-4(2)3;/h1-3H3;. The molecule has 0 bridgehead atoms. The summed E-state index contributed by atoms with van der Waals surface area (Å²) in [6.07, 6.45) is 0. The largest absolute Gasteiger partial charge is 0.0715 e. The summed E-state index contributed by atoms with van der Waals surface area (Å²) in [5, 5.41) is 0. The predicted octanol–water partition coefficient (Wildman–Crippen LogP) is 1.37. The van der Waals surface area contributed by atoms with E-state index in [1.807, 2.05) is 0 Å². The van der Waals surface area contributed by atoms with Gasteiger partial charge in [-0.25, -0.2) is 0 Å². The van der Waals surface area contributed by atoms with E-state index in [0.717, 1.165) is 0 Å². The number of rotatable bonds is 0. The fourth-order valence-corrected chi connectivity index (χ4v) is 0. The van der Waals surface area contributed by atoms with Gasteiger partial charge in [0.2, 0.25) is 0 Å². The molecule has 0 aliphatic rings. The Bertz CT molecular complexity index is 11.6. The molecule has 0 aromatic rings. The van der Waals surface area contributed by atoms with Crippen molar-refractivity contribution in [2.75, 3.05) is 0 Å². The van der Waals surface area contributed by atoms with Crippen molar-refractivity contribution >= 4 is 8.80 Å². The van der Waals surface area contributed by atoms with Gasteiger partial charge in [-0.15, -0.1) is 0 Å². The Morgan fingerprint density at radius 1 is 1.00 bits per heavy atom. The average molecular weight is 137 g/mol. The monoisotopic (exact) mass is 136 g/mol. The molecule has 0 spiro atoms. The van der Waals surface area contributed by atoms with E-state index in [9.17, 15) is 0 Å². The van der Waals surface area contributed by atoms with E-state index in [4.69, 9.17) is 0 Å². The minimum absolute atomic E-state index is 0. The Balaban J connectivity index is 0. The van der Waals surface area contributed by atoms with Gasteiger partial charge in [0.15, 0.2) is 0 Å². The maximum Gasteiger partial charge on any atom is 0.0379 e. The number of hydrogen-bond donors (Lipinski definition) is 0. The fraction of sp³-hybridized carbons (Fsp3) is 1.00. The Morgan fingerprint density at radius 2 is 1.00 bits per heavy atom. The van der Waals surface area contributed by atoms with Crippen LogP contribution in [0.1, 0.15) is 0 Å². The molecule has 36 valence electrons. The molecule has 0 unspecified atom stereocenters. The molecule has 0 aliphatic carbocycles. The van der Waals surface area contributed by atoms with Crippen LogP contribution >= 0.6 is 0 Å². The van der Waals surface area contributed by atoms with Gasteiger partial charge in [-0.1, -0.05) is 19.6 Å². The van der Waals surface area contributed by atoms with Gasteiger partial charge in [0.05, 0.1) is 0 Å². The summed E-state index contributed by atoms with van der Waals surface area (Å²) < 4.78 is 0.